The Morgan fingerprint density at radius 3 is 2.94 bits per heavy atom. The van der Waals surface area contributed by atoms with Crippen LogP contribution in [-0.2, 0) is 4.74 Å². The first-order chi connectivity index (χ1) is 8.36. The molecule has 0 bridgehead atoms. The van der Waals surface area contributed by atoms with Crippen LogP contribution in [0, 0.1) is 5.92 Å². The Balaban J connectivity index is 1.53. The lowest BCUT2D eigenvalue weighted by molar-refractivity contribution is 0.0661. The summed E-state index contributed by atoms with van der Waals surface area (Å²) in [6, 6.07) is 0.714. The van der Waals surface area contributed by atoms with E-state index in [-0.39, 0.29) is 0 Å². The van der Waals surface area contributed by atoms with E-state index in [1.54, 1.807) is 0 Å². The lowest BCUT2D eigenvalue weighted by atomic mass is 10.0. The van der Waals surface area contributed by atoms with Crippen molar-refractivity contribution in [2.45, 2.75) is 25.3 Å². The molecule has 0 saturated carbocycles. The van der Waals surface area contributed by atoms with Gasteiger partial charge in [0.2, 0.25) is 0 Å². The second kappa shape index (κ2) is 7.31. The molecule has 2 rings (SSSR count). The summed E-state index contributed by atoms with van der Waals surface area (Å²) in [7, 11) is 2.24. The molecule has 0 aromatic rings. The van der Waals surface area contributed by atoms with Gasteiger partial charge in [-0.1, -0.05) is 0 Å². The van der Waals surface area contributed by atoms with Crippen LogP contribution in [0.15, 0.2) is 0 Å². The van der Waals surface area contributed by atoms with Gasteiger partial charge in [-0.3, -0.25) is 0 Å². The third-order valence-corrected chi connectivity index (χ3v) is 4.07. The summed E-state index contributed by atoms with van der Waals surface area (Å²) in [5.41, 5.74) is 0. The minimum absolute atomic E-state index is 0.714. The van der Waals surface area contributed by atoms with Crippen molar-refractivity contribution in [2.24, 2.45) is 5.92 Å². The Hall–Kier alpha value is -0.160. The average molecular weight is 241 g/mol. The summed E-state index contributed by atoms with van der Waals surface area (Å²) in [5, 5.41) is 7.08. The second-order valence-electron chi connectivity index (χ2n) is 5.39. The van der Waals surface area contributed by atoms with E-state index in [0.717, 1.165) is 38.8 Å². The van der Waals surface area contributed by atoms with E-state index in [9.17, 15) is 0 Å². The van der Waals surface area contributed by atoms with Crippen LogP contribution in [-0.4, -0.2) is 63.9 Å². The van der Waals surface area contributed by atoms with E-state index >= 15 is 0 Å². The monoisotopic (exact) mass is 241 g/mol. The number of hydrogen-bond donors (Lipinski definition) is 2. The minimum atomic E-state index is 0.714. The minimum Gasteiger partial charge on any atom is -0.381 e. The van der Waals surface area contributed by atoms with Gasteiger partial charge in [0.15, 0.2) is 0 Å². The topological polar surface area (TPSA) is 36.5 Å². The summed E-state index contributed by atoms with van der Waals surface area (Å²) >= 11 is 0. The van der Waals surface area contributed by atoms with Crippen molar-refractivity contribution >= 4 is 0 Å². The molecule has 4 nitrogen and oxygen atoms in total. The molecule has 0 radical (unpaired) electrons. The van der Waals surface area contributed by atoms with Crippen LogP contribution in [0.5, 0.6) is 0 Å². The van der Waals surface area contributed by atoms with E-state index in [1.807, 2.05) is 0 Å². The van der Waals surface area contributed by atoms with Crippen molar-refractivity contribution < 1.29 is 4.74 Å². The first-order valence-corrected chi connectivity index (χ1v) is 7.05. The second-order valence-corrected chi connectivity index (χ2v) is 5.39. The lowest BCUT2D eigenvalue weighted by Crippen LogP contribution is -2.50. The highest BCUT2D eigenvalue weighted by Gasteiger charge is 2.18. The molecule has 1 atom stereocenters. The predicted molar refractivity (Wildman–Crippen MR) is 70.3 cm³/mol. The first-order valence-electron chi connectivity index (χ1n) is 7.05. The summed E-state index contributed by atoms with van der Waals surface area (Å²) in [6.45, 7) is 7.72. The summed E-state index contributed by atoms with van der Waals surface area (Å²) in [6.07, 6.45) is 3.72. The van der Waals surface area contributed by atoms with Gasteiger partial charge >= 0.3 is 0 Å². The number of ether oxygens (including phenoxy) is 1. The zero-order chi connectivity index (χ0) is 11.9. The largest absolute Gasteiger partial charge is 0.381 e. The molecule has 17 heavy (non-hydrogen) atoms. The highest BCUT2D eigenvalue weighted by molar-refractivity contribution is 4.78. The molecule has 4 heteroatoms. The maximum absolute atomic E-state index is 5.37. The average Bonchev–Trinajstić information content (AvgIpc) is 2.38. The Morgan fingerprint density at radius 2 is 2.18 bits per heavy atom. The van der Waals surface area contributed by atoms with Crippen LogP contribution in [0.1, 0.15) is 19.3 Å². The van der Waals surface area contributed by atoms with Gasteiger partial charge in [0.1, 0.15) is 0 Å². The number of likely N-dealkylation sites (N-methyl/N-ethyl adjacent to an activating group) is 1. The van der Waals surface area contributed by atoms with E-state index in [4.69, 9.17) is 4.74 Å². The Morgan fingerprint density at radius 1 is 1.35 bits per heavy atom. The van der Waals surface area contributed by atoms with Crippen LogP contribution >= 0.6 is 0 Å². The van der Waals surface area contributed by atoms with Crippen LogP contribution in [0.25, 0.3) is 0 Å². The molecule has 0 aromatic carbocycles. The maximum Gasteiger partial charge on any atom is 0.0469 e. The van der Waals surface area contributed by atoms with Gasteiger partial charge in [0, 0.05) is 38.9 Å². The van der Waals surface area contributed by atoms with E-state index in [2.05, 4.69) is 22.6 Å². The summed E-state index contributed by atoms with van der Waals surface area (Å²) < 4.78 is 5.37. The van der Waals surface area contributed by atoms with Crippen molar-refractivity contribution in [3.05, 3.63) is 0 Å². The fraction of sp³-hybridized carbons (Fsp3) is 1.00. The Labute approximate surface area is 105 Å². The number of nitrogens with zero attached hydrogens (tertiary/aromatic N) is 1. The third-order valence-electron chi connectivity index (χ3n) is 4.07. The Kier molecular flexibility index (Phi) is 5.71. The molecule has 2 N–H and O–H groups in total. The normalized spacial score (nSPS) is 28.4. The predicted octanol–water partition coefficient (Wildman–Crippen LogP) is 0.296. The molecule has 1 unspecified atom stereocenters. The van der Waals surface area contributed by atoms with Crippen molar-refractivity contribution in [3.63, 3.8) is 0 Å². The molecule has 0 spiro atoms. The van der Waals surface area contributed by atoms with Crippen LogP contribution in [0.4, 0.5) is 0 Å². The van der Waals surface area contributed by atoms with Gasteiger partial charge in [-0.15, -0.1) is 0 Å². The molecule has 2 saturated heterocycles. The molecule has 2 fully saturated rings. The SMILES string of the molecule is CN1CCNCC1CCNCC1CCOCC1. The fourth-order valence-corrected chi connectivity index (χ4v) is 2.71. The number of hydrogen-bond acceptors (Lipinski definition) is 4. The summed E-state index contributed by atoms with van der Waals surface area (Å²) in [5.74, 6) is 0.839. The van der Waals surface area contributed by atoms with E-state index < -0.39 is 0 Å². The van der Waals surface area contributed by atoms with Gasteiger partial charge in [-0.25, -0.2) is 0 Å². The van der Waals surface area contributed by atoms with Crippen LogP contribution < -0.4 is 10.6 Å². The molecule has 0 aliphatic carbocycles. The van der Waals surface area contributed by atoms with Gasteiger partial charge in [-0.05, 0) is 45.3 Å². The van der Waals surface area contributed by atoms with Crippen molar-refractivity contribution in [2.75, 3.05) is 53.0 Å². The molecule has 0 aromatic heterocycles. The number of rotatable bonds is 5. The first kappa shape index (κ1) is 13.3. The van der Waals surface area contributed by atoms with Gasteiger partial charge in [-0.2, -0.15) is 0 Å². The highest BCUT2D eigenvalue weighted by atomic mass is 16.5. The maximum atomic E-state index is 5.37. The number of piperazine rings is 1. The Bertz CT molecular complexity index is 207. The molecule has 2 aliphatic heterocycles. The molecule has 100 valence electrons. The number of nitrogens with one attached hydrogen (secondary N) is 2. The quantitative estimate of drug-likeness (QED) is 0.679. The molecule has 2 heterocycles. The van der Waals surface area contributed by atoms with Crippen molar-refractivity contribution in [1.82, 2.24) is 15.5 Å². The zero-order valence-corrected chi connectivity index (χ0v) is 11.1. The van der Waals surface area contributed by atoms with Crippen molar-refractivity contribution in [1.29, 1.82) is 0 Å². The summed E-state index contributed by atoms with van der Waals surface area (Å²) in [4.78, 5) is 2.48. The molecular formula is C13H27N3O. The molecular weight excluding hydrogens is 214 g/mol. The highest BCUT2D eigenvalue weighted by Crippen LogP contribution is 2.13. The van der Waals surface area contributed by atoms with Crippen molar-refractivity contribution in [3.8, 4) is 0 Å². The lowest BCUT2D eigenvalue weighted by Gasteiger charge is -2.33. The van der Waals surface area contributed by atoms with E-state index in [0.29, 0.717) is 6.04 Å². The van der Waals surface area contributed by atoms with Crippen LogP contribution in [0.3, 0.4) is 0 Å². The van der Waals surface area contributed by atoms with Gasteiger partial charge < -0.3 is 20.3 Å². The fourth-order valence-electron chi connectivity index (χ4n) is 2.71. The van der Waals surface area contributed by atoms with E-state index in [1.165, 1.54) is 32.4 Å². The molecule has 2 aliphatic rings. The van der Waals surface area contributed by atoms with Gasteiger partial charge in [0.25, 0.3) is 0 Å². The zero-order valence-electron chi connectivity index (χ0n) is 11.1. The smallest absolute Gasteiger partial charge is 0.0469 e. The molecule has 0 amide bonds. The standard InChI is InChI=1S/C13H27N3O/c1-16-7-6-15-11-13(16)2-5-14-10-12-3-8-17-9-4-12/h12-15H,2-11H2,1H3. The van der Waals surface area contributed by atoms with Gasteiger partial charge in [0.05, 0.1) is 0 Å². The van der Waals surface area contributed by atoms with Crippen LogP contribution in [0.2, 0.25) is 0 Å². The third kappa shape index (κ3) is 4.54.